The summed E-state index contributed by atoms with van der Waals surface area (Å²) in [6, 6.07) is 10.5. The van der Waals surface area contributed by atoms with Crippen molar-refractivity contribution in [3.8, 4) is 0 Å². The molecule has 3 rings (SSSR count). The van der Waals surface area contributed by atoms with E-state index >= 15 is 0 Å². The molecule has 1 aromatic carbocycles. The number of carbonyl (C=O) groups excluding carboxylic acids is 2. The normalized spacial score (nSPS) is 17.7. The van der Waals surface area contributed by atoms with Gasteiger partial charge in [-0.25, -0.2) is 0 Å². The van der Waals surface area contributed by atoms with Crippen LogP contribution in [0, 0.1) is 0 Å². The Morgan fingerprint density at radius 1 is 1.28 bits per heavy atom. The Hall–Kier alpha value is -2.60. The van der Waals surface area contributed by atoms with Crippen LogP contribution in [-0.4, -0.2) is 42.5 Å². The van der Waals surface area contributed by atoms with E-state index in [0.717, 1.165) is 11.1 Å². The van der Waals surface area contributed by atoms with Gasteiger partial charge in [0.15, 0.2) is 5.76 Å². The van der Waals surface area contributed by atoms with Crippen LogP contribution in [0.5, 0.6) is 0 Å². The summed E-state index contributed by atoms with van der Waals surface area (Å²) in [5.74, 6) is -0.222. The maximum absolute atomic E-state index is 12.8. The highest BCUT2D eigenvalue weighted by Gasteiger charge is 2.36. The number of nitrogens with zero attached hydrogens (tertiary/aromatic N) is 1. The number of nitrogens with one attached hydrogen (secondary N) is 1. The summed E-state index contributed by atoms with van der Waals surface area (Å²) in [4.78, 5) is 27.2. The van der Waals surface area contributed by atoms with Gasteiger partial charge in [0.05, 0.1) is 12.9 Å². The summed E-state index contributed by atoms with van der Waals surface area (Å²) >= 11 is 0. The molecule has 1 aliphatic heterocycles. The molecule has 6 nitrogen and oxygen atoms in total. The average molecular weight is 342 g/mol. The third kappa shape index (κ3) is 3.74. The number of rotatable bonds is 5. The van der Waals surface area contributed by atoms with Crippen molar-refractivity contribution in [1.29, 1.82) is 0 Å². The van der Waals surface area contributed by atoms with Crippen molar-refractivity contribution in [2.24, 2.45) is 0 Å². The molecule has 2 aromatic rings. The second-order valence-electron chi connectivity index (χ2n) is 6.26. The molecule has 0 fully saturated rings. The lowest BCUT2D eigenvalue weighted by Crippen LogP contribution is -2.54. The van der Waals surface area contributed by atoms with Crippen LogP contribution in [-0.2, 0) is 22.5 Å². The molecule has 2 amide bonds. The van der Waals surface area contributed by atoms with Crippen molar-refractivity contribution in [2.75, 3.05) is 13.7 Å². The third-order valence-corrected chi connectivity index (χ3v) is 4.35. The summed E-state index contributed by atoms with van der Waals surface area (Å²) in [7, 11) is 1.59. The number of carbonyl (C=O) groups is 2. The molecule has 0 saturated heterocycles. The summed E-state index contributed by atoms with van der Waals surface area (Å²) in [5, 5.41) is 2.92. The Kier molecular flexibility index (Phi) is 5.19. The number of benzene rings is 1. The van der Waals surface area contributed by atoms with E-state index in [1.165, 1.54) is 6.26 Å². The molecule has 0 bridgehead atoms. The monoisotopic (exact) mass is 342 g/mol. The number of methoxy groups -OCH3 is 1. The molecule has 2 heterocycles. The Balaban J connectivity index is 1.86. The zero-order valence-electron chi connectivity index (χ0n) is 14.4. The molecule has 1 N–H and O–H groups in total. The lowest BCUT2D eigenvalue weighted by atomic mass is 9.93. The minimum Gasteiger partial charge on any atom is -0.459 e. The minimum absolute atomic E-state index is 0.129. The zero-order valence-corrected chi connectivity index (χ0v) is 14.4. The van der Waals surface area contributed by atoms with Crippen LogP contribution >= 0.6 is 0 Å². The Labute approximate surface area is 146 Å². The second-order valence-corrected chi connectivity index (χ2v) is 6.26. The Bertz CT molecular complexity index is 742. The molecule has 1 aliphatic rings. The van der Waals surface area contributed by atoms with E-state index in [1.807, 2.05) is 31.2 Å². The molecule has 0 spiro atoms. The molecule has 132 valence electrons. The lowest BCUT2D eigenvalue weighted by Gasteiger charge is -2.36. The van der Waals surface area contributed by atoms with Gasteiger partial charge >= 0.3 is 0 Å². The predicted molar refractivity (Wildman–Crippen MR) is 92.0 cm³/mol. The van der Waals surface area contributed by atoms with E-state index in [-0.39, 0.29) is 23.6 Å². The molecule has 1 aromatic heterocycles. The van der Waals surface area contributed by atoms with E-state index in [2.05, 4.69) is 5.32 Å². The number of hydrogen-bond acceptors (Lipinski definition) is 4. The first-order chi connectivity index (χ1) is 12.1. The topological polar surface area (TPSA) is 71.8 Å². The van der Waals surface area contributed by atoms with Crippen molar-refractivity contribution in [2.45, 2.75) is 32.0 Å². The maximum Gasteiger partial charge on any atom is 0.290 e. The summed E-state index contributed by atoms with van der Waals surface area (Å²) < 4.78 is 10.3. The fourth-order valence-corrected chi connectivity index (χ4v) is 3.14. The van der Waals surface area contributed by atoms with Gasteiger partial charge in [0, 0.05) is 26.1 Å². The van der Waals surface area contributed by atoms with Crippen molar-refractivity contribution in [3.05, 3.63) is 59.5 Å². The smallest absolute Gasteiger partial charge is 0.290 e. The average Bonchev–Trinajstić information content (AvgIpc) is 3.14. The molecule has 6 heteroatoms. The van der Waals surface area contributed by atoms with Crippen LogP contribution in [0.15, 0.2) is 47.1 Å². The number of amides is 2. The SMILES string of the molecule is COCC(C)NC(=O)C1Cc2ccccc2CN1C(=O)c1ccco1. The molecular formula is C19H22N2O4. The quantitative estimate of drug-likeness (QED) is 0.902. The van der Waals surface area contributed by atoms with Crippen LogP contribution in [0.25, 0.3) is 0 Å². The van der Waals surface area contributed by atoms with Crippen molar-refractivity contribution < 1.29 is 18.7 Å². The van der Waals surface area contributed by atoms with Gasteiger partial charge in [-0.05, 0) is 30.2 Å². The van der Waals surface area contributed by atoms with Crippen LogP contribution in [0.1, 0.15) is 28.6 Å². The van der Waals surface area contributed by atoms with Crippen LogP contribution in [0.2, 0.25) is 0 Å². The van der Waals surface area contributed by atoms with Crippen LogP contribution in [0.4, 0.5) is 0 Å². The van der Waals surface area contributed by atoms with Gasteiger partial charge in [-0.1, -0.05) is 24.3 Å². The number of furan rings is 1. The molecule has 0 aliphatic carbocycles. The van der Waals surface area contributed by atoms with Gasteiger partial charge in [0.2, 0.25) is 5.91 Å². The Morgan fingerprint density at radius 3 is 2.72 bits per heavy atom. The number of fused-ring (bicyclic) bond motifs is 1. The van der Waals surface area contributed by atoms with Crippen molar-refractivity contribution in [1.82, 2.24) is 10.2 Å². The van der Waals surface area contributed by atoms with Gasteiger partial charge < -0.3 is 19.4 Å². The largest absolute Gasteiger partial charge is 0.459 e. The van der Waals surface area contributed by atoms with E-state index in [0.29, 0.717) is 19.6 Å². The first-order valence-corrected chi connectivity index (χ1v) is 8.30. The van der Waals surface area contributed by atoms with Crippen molar-refractivity contribution >= 4 is 11.8 Å². The van der Waals surface area contributed by atoms with Gasteiger partial charge in [-0.3, -0.25) is 9.59 Å². The van der Waals surface area contributed by atoms with Gasteiger partial charge in [0.25, 0.3) is 5.91 Å². The highest BCUT2D eigenvalue weighted by Crippen LogP contribution is 2.25. The molecular weight excluding hydrogens is 320 g/mol. The third-order valence-electron chi connectivity index (χ3n) is 4.35. The van der Waals surface area contributed by atoms with E-state index in [4.69, 9.17) is 9.15 Å². The minimum atomic E-state index is -0.577. The standard InChI is InChI=1S/C19H22N2O4/c1-13(12-24-2)20-18(22)16-10-14-6-3-4-7-15(14)11-21(16)19(23)17-8-5-9-25-17/h3-9,13,16H,10-12H2,1-2H3,(H,20,22). The molecule has 2 unspecified atom stereocenters. The van der Waals surface area contributed by atoms with Crippen molar-refractivity contribution in [3.63, 3.8) is 0 Å². The first kappa shape index (κ1) is 17.2. The van der Waals surface area contributed by atoms with E-state index in [1.54, 1.807) is 24.1 Å². The van der Waals surface area contributed by atoms with Crippen LogP contribution < -0.4 is 5.32 Å². The molecule has 0 saturated carbocycles. The highest BCUT2D eigenvalue weighted by atomic mass is 16.5. The van der Waals surface area contributed by atoms with E-state index < -0.39 is 6.04 Å². The molecule has 0 radical (unpaired) electrons. The fourth-order valence-electron chi connectivity index (χ4n) is 3.14. The van der Waals surface area contributed by atoms with Gasteiger partial charge in [0.1, 0.15) is 6.04 Å². The molecule has 2 atom stereocenters. The van der Waals surface area contributed by atoms with Gasteiger partial charge in [-0.15, -0.1) is 0 Å². The Morgan fingerprint density at radius 2 is 2.04 bits per heavy atom. The van der Waals surface area contributed by atoms with Gasteiger partial charge in [-0.2, -0.15) is 0 Å². The molecule has 25 heavy (non-hydrogen) atoms. The first-order valence-electron chi connectivity index (χ1n) is 8.30. The highest BCUT2D eigenvalue weighted by molar-refractivity contribution is 5.96. The lowest BCUT2D eigenvalue weighted by molar-refractivity contribution is -0.127. The number of hydrogen-bond donors (Lipinski definition) is 1. The second kappa shape index (κ2) is 7.53. The fraction of sp³-hybridized carbons (Fsp3) is 0.368. The number of ether oxygens (including phenoxy) is 1. The summed E-state index contributed by atoms with van der Waals surface area (Å²) in [5.41, 5.74) is 2.14. The zero-order chi connectivity index (χ0) is 17.8. The van der Waals surface area contributed by atoms with E-state index in [9.17, 15) is 9.59 Å². The predicted octanol–water partition coefficient (Wildman–Crippen LogP) is 2.00. The summed E-state index contributed by atoms with van der Waals surface area (Å²) in [6.07, 6.45) is 1.94. The maximum atomic E-state index is 12.8. The summed E-state index contributed by atoms with van der Waals surface area (Å²) in [6.45, 7) is 2.67. The van der Waals surface area contributed by atoms with Crippen LogP contribution in [0.3, 0.4) is 0 Å².